The van der Waals surface area contributed by atoms with Crippen molar-refractivity contribution >= 4 is 40.1 Å². The number of nitrogens with zero attached hydrogens (tertiary/aromatic N) is 2. The van der Waals surface area contributed by atoms with Crippen LogP contribution < -0.4 is 0 Å². The molecule has 2 rings (SSSR count). The van der Waals surface area contributed by atoms with E-state index in [1.54, 1.807) is 13.1 Å². The first-order valence-corrected chi connectivity index (χ1v) is 7.40. The summed E-state index contributed by atoms with van der Waals surface area (Å²) < 4.78 is 4.43. The Morgan fingerprint density at radius 1 is 1.45 bits per heavy atom. The molecule has 0 aliphatic carbocycles. The minimum Gasteiger partial charge on any atom is -0.465 e. The van der Waals surface area contributed by atoms with Gasteiger partial charge in [-0.1, -0.05) is 17.7 Å². The van der Waals surface area contributed by atoms with E-state index in [2.05, 4.69) is 10.2 Å². The van der Waals surface area contributed by atoms with Gasteiger partial charge in [-0.05, 0) is 32.9 Å². The Balaban J connectivity index is 2.30. The van der Waals surface area contributed by atoms with Crippen molar-refractivity contribution in [3.05, 3.63) is 29.5 Å². The minimum absolute atomic E-state index is 0.232. The van der Waals surface area contributed by atoms with Crippen LogP contribution >= 0.6 is 23.4 Å². The van der Waals surface area contributed by atoms with Crippen LogP contribution in [0.25, 0.3) is 10.8 Å². The molecule has 1 heterocycles. The number of fused-ring (bicyclic) bond motifs is 1. The summed E-state index contributed by atoms with van der Waals surface area (Å²) in [4.78, 5) is 12.8. The Labute approximate surface area is 126 Å². The van der Waals surface area contributed by atoms with Crippen LogP contribution in [0.3, 0.4) is 0 Å². The summed E-state index contributed by atoms with van der Waals surface area (Å²) in [6, 6.07) is 5.77. The van der Waals surface area contributed by atoms with Crippen LogP contribution in [0.4, 0.5) is 0 Å². The molecule has 0 N–H and O–H groups in total. The van der Waals surface area contributed by atoms with Crippen LogP contribution in [0, 0.1) is 0 Å². The van der Waals surface area contributed by atoms with Gasteiger partial charge in [-0.2, -0.15) is 5.10 Å². The zero-order valence-corrected chi connectivity index (χ0v) is 13.1. The molecule has 0 radical (unpaired) electrons. The summed E-state index contributed by atoms with van der Waals surface area (Å²) in [5.41, 5.74) is 0. The lowest BCUT2D eigenvalue weighted by atomic mass is 10.2. The quantitative estimate of drug-likeness (QED) is 0.636. The maximum absolute atomic E-state index is 11.9. The average molecular weight is 311 g/mol. The van der Waals surface area contributed by atoms with Crippen LogP contribution in [0.2, 0.25) is 5.15 Å². The predicted octanol–water partition coefficient (Wildman–Crippen LogP) is 3.72. The second-order valence-corrected chi connectivity index (χ2v) is 6.77. The van der Waals surface area contributed by atoms with Crippen molar-refractivity contribution < 1.29 is 9.53 Å². The van der Waals surface area contributed by atoms with Gasteiger partial charge in [0.05, 0.1) is 12.8 Å². The Morgan fingerprint density at radius 2 is 2.20 bits per heavy atom. The van der Waals surface area contributed by atoms with Crippen LogP contribution in [0.15, 0.2) is 29.3 Å². The first-order valence-electron chi connectivity index (χ1n) is 6.21. The fourth-order valence-corrected chi connectivity index (χ4v) is 2.98. The number of carbonyl (C=O) groups excluding carboxylic acids is 1. The predicted molar refractivity (Wildman–Crippen MR) is 81.1 cm³/mol. The number of esters is 1. The van der Waals surface area contributed by atoms with Gasteiger partial charge >= 0.3 is 5.97 Å². The lowest BCUT2D eigenvalue weighted by molar-refractivity contribution is -0.145. The number of hydrogen-bond acceptors (Lipinski definition) is 5. The van der Waals surface area contributed by atoms with Gasteiger partial charge in [0.1, 0.15) is 4.75 Å². The Bertz CT molecular complexity index is 646. The third-order valence-corrected chi connectivity index (χ3v) is 4.18. The zero-order chi connectivity index (χ0) is 14.8. The van der Waals surface area contributed by atoms with Crippen molar-refractivity contribution in [2.24, 2.45) is 0 Å². The number of aromatic nitrogens is 2. The van der Waals surface area contributed by atoms with E-state index in [1.165, 1.54) is 11.8 Å². The third kappa shape index (κ3) is 3.22. The van der Waals surface area contributed by atoms with Crippen LogP contribution in [0.5, 0.6) is 0 Å². The Kier molecular flexibility index (Phi) is 4.50. The highest BCUT2D eigenvalue weighted by molar-refractivity contribution is 8.01. The van der Waals surface area contributed by atoms with Crippen molar-refractivity contribution in [2.45, 2.75) is 30.4 Å². The molecule has 0 unspecified atom stereocenters. The topological polar surface area (TPSA) is 52.1 Å². The molecule has 0 aliphatic rings. The lowest BCUT2D eigenvalue weighted by Crippen LogP contribution is -2.29. The van der Waals surface area contributed by atoms with Gasteiger partial charge in [0.15, 0.2) is 5.15 Å². The van der Waals surface area contributed by atoms with Crippen molar-refractivity contribution in [2.75, 3.05) is 6.61 Å². The molecule has 1 aromatic heterocycles. The van der Waals surface area contributed by atoms with Crippen molar-refractivity contribution in [1.29, 1.82) is 0 Å². The maximum atomic E-state index is 11.9. The van der Waals surface area contributed by atoms with Gasteiger partial charge in [0.2, 0.25) is 0 Å². The molecule has 106 valence electrons. The highest BCUT2D eigenvalue weighted by Gasteiger charge is 2.30. The smallest absolute Gasteiger partial charge is 0.321 e. The summed E-state index contributed by atoms with van der Waals surface area (Å²) in [5.74, 6) is -0.232. The van der Waals surface area contributed by atoms with Crippen LogP contribution in [-0.2, 0) is 9.53 Å². The monoisotopic (exact) mass is 310 g/mol. The van der Waals surface area contributed by atoms with E-state index in [0.29, 0.717) is 11.8 Å². The molecule has 6 heteroatoms. The minimum atomic E-state index is -0.656. The number of carbonyl (C=O) groups is 1. The summed E-state index contributed by atoms with van der Waals surface area (Å²) in [6.45, 7) is 5.85. The van der Waals surface area contributed by atoms with Crippen molar-refractivity contribution in [1.82, 2.24) is 10.2 Å². The summed E-state index contributed by atoms with van der Waals surface area (Å²) in [7, 11) is 0. The summed E-state index contributed by atoms with van der Waals surface area (Å²) in [5, 5.41) is 9.74. The molecule has 0 aliphatic heterocycles. The number of hydrogen-bond donors (Lipinski definition) is 0. The van der Waals surface area contributed by atoms with Crippen LogP contribution in [-0.4, -0.2) is 27.5 Å². The van der Waals surface area contributed by atoms with Gasteiger partial charge in [0.25, 0.3) is 0 Å². The van der Waals surface area contributed by atoms with E-state index in [0.717, 1.165) is 15.7 Å². The molecule has 2 aromatic rings. The molecule has 0 saturated heterocycles. The number of ether oxygens (including phenoxy) is 1. The first kappa shape index (κ1) is 15.1. The Morgan fingerprint density at radius 3 is 2.90 bits per heavy atom. The highest BCUT2D eigenvalue weighted by atomic mass is 35.5. The lowest BCUT2D eigenvalue weighted by Gasteiger charge is -2.21. The maximum Gasteiger partial charge on any atom is 0.321 e. The summed E-state index contributed by atoms with van der Waals surface area (Å²) >= 11 is 7.47. The largest absolute Gasteiger partial charge is 0.465 e. The van der Waals surface area contributed by atoms with Gasteiger partial charge in [-0.15, -0.1) is 16.9 Å². The Hall–Kier alpha value is -1.33. The third-order valence-electron chi connectivity index (χ3n) is 2.73. The molecule has 0 atom stereocenters. The molecule has 0 fully saturated rings. The average Bonchev–Trinajstić information content (AvgIpc) is 2.39. The molecule has 20 heavy (non-hydrogen) atoms. The number of benzene rings is 1. The van der Waals surface area contributed by atoms with Crippen molar-refractivity contribution in [3.8, 4) is 0 Å². The van der Waals surface area contributed by atoms with E-state index in [4.69, 9.17) is 16.3 Å². The molecule has 0 amide bonds. The highest BCUT2D eigenvalue weighted by Crippen LogP contribution is 2.35. The zero-order valence-electron chi connectivity index (χ0n) is 11.5. The SMILES string of the molecule is CCOC(=O)C(C)(C)Sc1ccc2cnnc(Cl)c2c1. The molecular weight excluding hydrogens is 296 g/mol. The normalized spacial score (nSPS) is 11.6. The molecule has 0 saturated carbocycles. The van der Waals surface area contributed by atoms with E-state index >= 15 is 0 Å². The van der Waals surface area contributed by atoms with Gasteiger partial charge in [0, 0.05) is 15.7 Å². The standard InChI is InChI=1S/C14H15ClN2O2S/c1-4-19-13(18)14(2,3)20-10-6-5-9-8-16-17-12(15)11(9)7-10/h5-8H,4H2,1-3H3. The van der Waals surface area contributed by atoms with Crippen LogP contribution in [0.1, 0.15) is 20.8 Å². The first-order chi connectivity index (χ1) is 9.44. The summed E-state index contributed by atoms with van der Waals surface area (Å²) in [6.07, 6.45) is 1.66. The van der Waals surface area contributed by atoms with Crippen molar-refractivity contribution in [3.63, 3.8) is 0 Å². The molecule has 0 bridgehead atoms. The van der Waals surface area contributed by atoms with Gasteiger partial charge < -0.3 is 4.74 Å². The van der Waals surface area contributed by atoms with Gasteiger partial charge in [-0.3, -0.25) is 4.79 Å². The second-order valence-electron chi connectivity index (χ2n) is 4.72. The van der Waals surface area contributed by atoms with Gasteiger partial charge in [-0.25, -0.2) is 0 Å². The molecule has 4 nitrogen and oxygen atoms in total. The molecular formula is C14H15ClN2O2S. The van der Waals surface area contributed by atoms with E-state index in [-0.39, 0.29) is 5.97 Å². The number of thioether (sulfide) groups is 1. The van der Waals surface area contributed by atoms with E-state index < -0.39 is 4.75 Å². The fraction of sp³-hybridized carbons (Fsp3) is 0.357. The molecule has 1 aromatic carbocycles. The van der Waals surface area contributed by atoms with E-state index in [9.17, 15) is 4.79 Å². The van der Waals surface area contributed by atoms with E-state index in [1.807, 2.05) is 32.0 Å². The number of halogens is 1. The fourth-order valence-electron chi connectivity index (χ4n) is 1.73. The number of rotatable bonds is 4. The second kappa shape index (κ2) is 5.97. The molecule has 0 spiro atoms.